The normalized spacial score (nSPS) is 39.6. The highest BCUT2D eigenvalue weighted by atomic mass is 16.3. The van der Waals surface area contributed by atoms with E-state index in [1.807, 2.05) is 59.5 Å². The first kappa shape index (κ1) is 40.1. The second kappa shape index (κ2) is 14.0. The molecular formula is C54H66N2O4. The van der Waals surface area contributed by atoms with Gasteiger partial charge in [0, 0.05) is 33.9 Å². The predicted molar refractivity (Wildman–Crippen MR) is 238 cm³/mol. The van der Waals surface area contributed by atoms with Crippen LogP contribution in [-0.2, 0) is 0 Å². The van der Waals surface area contributed by atoms with Crippen molar-refractivity contribution in [3.63, 3.8) is 0 Å². The van der Waals surface area contributed by atoms with Gasteiger partial charge in [0.15, 0.2) is 5.78 Å². The summed E-state index contributed by atoms with van der Waals surface area (Å²) in [6, 6.07) is 28.2. The summed E-state index contributed by atoms with van der Waals surface area (Å²) in [6.45, 7) is 12.6. The van der Waals surface area contributed by atoms with Crippen molar-refractivity contribution < 1.29 is 19.8 Å². The molecule has 0 saturated heterocycles. The number of ketones is 1. The Kier molecular flexibility index (Phi) is 9.36. The second-order valence-corrected chi connectivity index (χ2v) is 21.7. The Balaban J connectivity index is 1.03. The van der Waals surface area contributed by atoms with Gasteiger partial charge in [-0.2, -0.15) is 0 Å². The van der Waals surface area contributed by atoms with E-state index in [0.717, 1.165) is 66.7 Å². The molecule has 3 aromatic carbocycles. The Morgan fingerprint density at radius 1 is 0.800 bits per heavy atom. The van der Waals surface area contributed by atoms with Crippen LogP contribution in [0.2, 0.25) is 0 Å². The molecular weight excluding hydrogens is 741 g/mol. The van der Waals surface area contributed by atoms with E-state index in [4.69, 9.17) is 0 Å². The SMILES string of the molecule is C[C@@H](NC(=O)N(C[C@@H]1CC[C@H]2C[C@@H]1C2(C)C)C[C@]1(O)CC[C@H]2[C@]34C=C[C@@]5(C=C3C(=O)c3ccccc3-c3ccccc3)CC(O)CC[C@]5(C)[C@H]4CC[C@@]21C)c1ccccc1. The number of aliphatic hydroxyl groups is 2. The molecule has 6 saturated carbocycles. The molecule has 1 unspecified atom stereocenters. The van der Waals surface area contributed by atoms with Gasteiger partial charge in [-0.15, -0.1) is 0 Å². The number of Topliss-reactive ketones (excluding diaryl/α,β-unsaturated/α-hetero) is 1. The standard InChI is InChI=1S/C54H66N2O4/c1-35(36-14-8-6-9-15-36)55-48(59)56(33-38-20-21-39-30-43(38)49(39,2)3)34-53(60)27-24-46-51(53,5)26-23-45-50(4)25-22-40(57)31-52(50)28-29-54(45,46)44(32-52)47(58)42-19-13-12-18-41(42)37-16-10-7-11-17-37/h6-19,28-29,32,35,38-40,43,45-46,57,60H,20-27,30-31,33-34H2,1-5H3,(H,55,59)/t35-,38+,39+,40?,43+,45-,46-,50-,51+,52+,53-,54-/m1/s1. The second-order valence-electron chi connectivity index (χ2n) is 21.7. The van der Waals surface area contributed by atoms with Gasteiger partial charge < -0.3 is 20.4 Å². The van der Waals surface area contributed by atoms with Crippen LogP contribution in [0.15, 0.2) is 109 Å². The number of hydrogen-bond donors (Lipinski definition) is 3. The lowest BCUT2D eigenvalue weighted by Gasteiger charge is -2.71. The van der Waals surface area contributed by atoms with Crippen molar-refractivity contribution in [2.24, 2.45) is 56.7 Å². The van der Waals surface area contributed by atoms with Crippen LogP contribution in [0.1, 0.15) is 121 Å². The van der Waals surface area contributed by atoms with Gasteiger partial charge in [0.05, 0.1) is 24.3 Å². The van der Waals surface area contributed by atoms with Gasteiger partial charge >= 0.3 is 6.03 Å². The minimum Gasteiger partial charge on any atom is -0.393 e. The number of aliphatic hydroxyl groups excluding tert-OH is 1. The van der Waals surface area contributed by atoms with E-state index in [1.54, 1.807) is 0 Å². The molecule has 9 aliphatic rings. The van der Waals surface area contributed by atoms with Crippen LogP contribution in [0.5, 0.6) is 0 Å². The first-order valence-electron chi connectivity index (χ1n) is 23.3. The molecule has 6 heteroatoms. The molecule has 12 atom stereocenters. The van der Waals surface area contributed by atoms with Crippen molar-refractivity contribution in [3.05, 3.63) is 120 Å². The van der Waals surface area contributed by atoms with E-state index in [2.05, 4.69) is 88.5 Å². The molecule has 3 N–H and O–H groups in total. The van der Waals surface area contributed by atoms with Gasteiger partial charge in [0.2, 0.25) is 0 Å². The summed E-state index contributed by atoms with van der Waals surface area (Å²) in [5, 5.41) is 28.1. The summed E-state index contributed by atoms with van der Waals surface area (Å²) in [5.41, 5.74) is 2.06. The third-order valence-electron chi connectivity index (χ3n) is 19.0. The van der Waals surface area contributed by atoms with E-state index < -0.39 is 27.9 Å². The molecule has 0 heterocycles. The van der Waals surface area contributed by atoms with Crippen LogP contribution in [-0.4, -0.2) is 51.7 Å². The molecule has 4 bridgehead atoms. The van der Waals surface area contributed by atoms with E-state index in [0.29, 0.717) is 36.8 Å². The van der Waals surface area contributed by atoms with Crippen molar-refractivity contribution in [2.45, 2.75) is 117 Å². The van der Waals surface area contributed by atoms with Gasteiger partial charge in [-0.05, 0) is 128 Å². The highest BCUT2D eigenvalue weighted by molar-refractivity contribution is 6.14. The first-order chi connectivity index (χ1) is 28.7. The third kappa shape index (κ3) is 5.64. The quantitative estimate of drug-likeness (QED) is 0.148. The molecule has 316 valence electrons. The van der Waals surface area contributed by atoms with Crippen molar-refractivity contribution in [3.8, 4) is 11.1 Å². The Bertz CT molecular complexity index is 2230. The van der Waals surface area contributed by atoms with Crippen molar-refractivity contribution >= 4 is 11.8 Å². The number of benzene rings is 3. The summed E-state index contributed by atoms with van der Waals surface area (Å²) in [7, 11) is 0. The first-order valence-corrected chi connectivity index (χ1v) is 23.3. The molecule has 2 amide bonds. The number of fused-ring (bicyclic) bond motifs is 3. The Hall–Kier alpha value is -4.00. The number of hydrogen-bond acceptors (Lipinski definition) is 4. The molecule has 9 aliphatic carbocycles. The van der Waals surface area contributed by atoms with Gasteiger partial charge in [-0.3, -0.25) is 4.79 Å². The van der Waals surface area contributed by atoms with Crippen LogP contribution < -0.4 is 5.32 Å². The van der Waals surface area contributed by atoms with Gasteiger partial charge in [-0.25, -0.2) is 4.79 Å². The molecule has 60 heavy (non-hydrogen) atoms. The summed E-state index contributed by atoms with van der Waals surface area (Å²) in [6.07, 6.45) is 15.7. The fourth-order valence-electron chi connectivity index (χ4n) is 15.4. The average Bonchev–Trinajstić information content (AvgIpc) is 3.53. The van der Waals surface area contributed by atoms with Crippen LogP contribution in [0.3, 0.4) is 0 Å². The number of nitrogens with zero attached hydrogens (tertiary/aromatic N) is 1. The number of amides is 2. The number of rotatable bonds is 9. The lowest BCUT2D eigenvalue weighted by atomic mass is 9.32. The number of nitrogens with one attached hydrogen (secondary N) is 1. The Morgan fingerprint density at radius 2 is 1.47 bits per heavy atom. The van der Waals surface area contributed by atoms with Crippen molar-refractivity contribution in [2.75, 3.05) is 13.1 Å². The maximum atomic E-state index is 15.7. The Labute approximate surface area is 357 Å². The van der Waals surface area contributed by atoms with Crippen LogP contribution in [0.4, 0.5) is 4.79 Å². The molecule has 0 aliphatic heterocycles. The maximum Gasteiger partial charge on any atom is 0.317 e. The smallest absolute Gasteiger partial charge is 0.317 e. The van der Waals surface area contributed by atoms with Crippen LogP contribution in [0.25, 0.3) is 11.1 Å². The minimum atomic E-state index is -1.14. The zero-order chi connectivity index (χ0) is 41.9. The third-order valence-corrected chi connectivity index (χ3v) is 19.0. The zero-order valence-electron chi connectivity index (χ0n) is 36.5. The number of carbonyl (C=O) groups excluding carboxylic acids is 2. The highest BCUT2D eigenvalue weighted by Crippen LogP contribution is 2.78. The molecule has 2 spiro atoms. The lowest BCUT2D eigenvalue weighted by molar-refractivity contribution is -0.176. The summed E-state index contributed by atoms with van der Waals surface area (Å²) in [4.78, 5) is 32.4. The van der Waals surface area contributed by atoms with Gasteiger partial charge in [-0.1, -0.05) is 131 Å². The van der Waals surface area contributed by atoms with E-state index in [-0.39, 0.29) is 47.1 Å². The minimum absolute atomic E-state index is 0.000204. The van der Waals surface area contributed by atoms with E-state index in [1.165, 1.54) is 12.8 Å². The van der Waals surface area contributed by atoms with E-state index in [9.17, 15) is 15.0 Å². The monoisotopic (exact) mass is 807 g/mol. The highest BCUT2D eigenvalue weighted by Gasteiger charge is 2.74. The van der Waals surface area contributed by atoms with Crippen molar-refractivity contribution in [1.82, 2.24) is 10.2 Å². The molecule has 12 rings (SSSR count). The average molecular weight is 807 g/mol. The molecule has 0 aromatic heterocycles. The lowest BCUT2D eigenvalue weighted by Crippen LogP contribution is -2.67. The Morgan fingerprint density at radius 3 is 2.20 bits per heavy atom. The summed E-state index contributed by atoms with van der Waals surface area (Å²) < 4.78 is 0. The molecule has 6 fully saturated rings. The zero-order valence-corrected chi connectivity index (χ0v) is 36.5. The maximum absolute atomic E-state index is 15.7. The summed E-state index contributed by atoms with van der Waals surface area (Å²) in [5.74, 6) is 2.01. The van der Waals surface area contributed by atoms with Gasteiger partial charge in [0.25, 0.3) is 0 Å². The number of urea groups is 1. The molecule has 6 nitrogen and oxygen atoms in total. The fraction of sp³-hybridized carbons (Fsp3) is 0.556. The predicted octanol–water partition coefficient (Wildman–Crippen LogP) is 11.0. The fourth-order valence-corrected chi connectivity index (χ4v) is 15.4. The molecule has 0 radical (unpaired) electrons. The van der Waals surface area contributed by atoms with Crippen LogP contribution in [0, 0.1) is 56.7 Å². The van der Waals surface area contributed by atoms with Crippen molar-refractivity contribution in [1.29, 1.82) is 0 Å². The summed E-state index contributed by atoms with van der Waals surface area (Å²) >= 11 is 0. The molecule has 3 aromatic rings. The number of carbonyl (C=O) groups is 2. The topological polar surface area (TPSA) is 89.9 Å². The van der Waals surface area contributed by atoms with Crippen LogP contribution >= 0.6 is 0 Å². The largest absolute Gasteiger partial charge is 0.393 e. The van der Waals surface area contributed by atoms with Gasteiger partial charge in [0.1, 0.15) is 0 Å². The van der Waals surface area contributed by atoms with E-state index >= 15 is 4.79 Å². The number of allylic oxidation sites excluding steroid dienone is 4.